The van der Waals surface area contributed by atoms with Crippen molar-refractivity contribution >= 4 is 11.6 Å². The topological polar surface area (TPSA) is 63.8 Å². The largest absolute Gasteiger partial charge is 0.384 e. The third kappa shape index (κ3) is 3.59. The number of nitrogens with zero attached hydrogens (tertiary/aromatic N) is 2. The first-order valence-electron chi connectivity index (χ1n) is 7.03. The summed E-state index contributed by atoms with van der Waals surface area (Å²) in [5.74, 6) is 3.35. The van der Waals surface area contributed by atoms with Crippen LogP contribution < -0.4 is 11.1 Å². The lowest BCUT2D eigenvalue weighted by atomic mass is 9.89. The maximum absolute atomic E-state index is 5.81. The molecule has 0 bridgehead atoms. The SMILES string of the molecule is CC(C)c1nc(N)cc(NCC2CCCCC2)n1. The van der Waals surface area contributed by atoms with Crippen LogP contribution in [0.5, 0.6) is 0 Å². The van der Waals surface area contributed by atoms with Crippen LogP contribution in [0, 0.1) is 5.92 Å². The average molecular weight is 248 g/mol. The lowest BCUT2D eigenvalue weighted by molar-refractivity contribution is 0.373. The summed E-state index contributed by atoms with van der Waals surface area (Å²) in [5.41, 5.74) is 5.81. The van der Waals surface area contributed by atoms with E-state index in [-0.39, 0.29) is 0 Å². The zero-order valence-electron chi connectivity index (χ0n) is 11.4. The Kier molecular flexibility index (Phi) is 4.39. The van der Waals surface area contributed by atoms with Gasteiger partial charge in [-0.3, -0.25) is 0 Å². The van der Waals surface area contributed by atoms with Crippen LogP contribution in [0.15, 0.2) is 6.07 Å². The number of hydrogen-bond donors (Lipinski definition) is 2. The summed E-state index contributed by atoms with van der Waals surface area (Å²) in [6.07, 6.45) is 6.81. The van der Waals surface area contributed by atoms with Crippen molar-refractivity contribution in [2.45, 2.75) is 51.9 Å². The molecule has 0 aromatic carbocycles. The Hall–Kier alpha value is -1.32. The van der Waals surface area contributed by atoms with Gasteiger partial charge in [-0.25, -0.2) is 9.97 Å². The van der Waals surface area contributed by atoms with Gasteiger partial charge in [-0.15, -0.1) is 0 Å². The Morgan fingerprint density at radius 2 is 2.00 bits per heavy atom. The van der Waals surface area contributed by atoms with Crippen molar-refractivity contribution in [2.24, 2.45) is 5.92 Å². The van der Waals surface area contributed by atoms with Crippen molar-refractivity contribution in [1.82, 2.24) is 9.97 Å². The van der Waals surface area contributed by atoms with E-state index in [9.17, 15) is 0 Å². The van der Waals surface area contributed by atoms with Gasteiger partial charge in [-0.1, -0.05) is 33.1 Å². The summed E-state index contributed by atoms with van der Waals surface area (Å²) in [4.78, 5) is 8.77. The van der Waals surface area contributed by atoms with Crippen molar-refractivity contribution in [2.75, 3.05) is 17.6 Å². The molecule has 0 spiro atoms. The fourth-order valence-corrected chi connectivity index (χ4v) is 2.47. The molecule has 2 rings (SSSR count). The van der Waals surface area contributed by atoms with Crippen LogP contribution in [-0.2, 0) is 0 Å². The van der Waals surface area contributed by atoms with Gasteiger partial charge < -0.3 is 11.1 Å². The van der Waals surface area contributed by atoms with Crippen LogP contribution in [0.1, 0.15) is 57.7 Å². The molecule has 1 aliphatic carbocycles. The van der Waals surface area contributed by atoms with Gasteiger partial charge in [0.2, 0.25) is 0 Å². The summed E-state index contributed by atoms with van der Waals surface area (Å²) in [6, 6.07) is 1.83. The molecule has 100 valence electrons. The molecular formula is C14H24N4. The Morgan fingerprint density at radius 1 is 1.28 bits per heavy atom. The predicted octanol–water partition coefficient (Wildman–Crippen LogP) is 3.17. The number of nitrogens with one attached hydrogen (secondary N) is 1. The second kappa shape index (κ2) is 6.03. The molecule has 0 unspecified atom stereocenters. The highest BCUT2D eigenvalue weighted by Crippen LogP contribution is 2.24. The van der Waals surface area contributed by atoms with Gasteiger partial charge in [0.05, 0.1) is 0 Å². The van der Waals surface area contributed by atoms with Crippen LogP contribution in [0.2, 0.25) is 0 Å². The summed E-state index contributed by atoms with van der Waals surface area (Å²) < 4.78 is 0. The Balaban J connectivity index is 1.95. The van der Waals surface area contributed by atoms with Gasteiger partial charge in [-0.05, 0) is 18.8 Å². The number of nitrogens with two attached hydrogens (primary N) is 1. The van der Waals surface area contributed by atoms with E-state index in [1.807, 2.05) is 6.07 Å². The molecular weight excluding hydrogens is 224 g/mol. The zero-order valence-corrected chi connectivity index (χ0v) is 11.4. The smallest absolute Gasteiger partial charge is 0.135 e. The van der Waals surface area contributed by atoms with Gasteiger partial charge in [-0.2, -0.15) is 0 Å². The van der Waals surface area contributed by atoms with E-state index in [4.69, 9.17) is 5.73 Å². The minimum Gasteiger partial charge on any atom is -0.384 e. The Bertz CT molecular complexity index is 383. The molecule has 1 aromatic rings. The van der Waals surface area contributed by atoms with Crippen molar-refractivity contribution in [1.29, 1.82) is 0 Å². The Morgan fingerprint density at radius 3 is 2.67 bits per heavy atom. The monoisotopic (exact) mass is 248 g/mol. The van der Waals surface area contributed by atoms with Crippen LogP contribution in [0.4, 0.5) is 11.6 Å². The van der Waals surface area contributed by atoms with Crippen LogP contribution in [0.3, 0.4) is 0 Å². The van der Waals surface area contributed by atoms with Gasteiger partial charge in [0.15, 0.2) is 0 Å². The maximum Gasteiger partial charge on any atom is 0.135 e. The zero-order chi connectivity index (χ0) is 13.0. The molecule has 18 heavy (non-hydrogen) atoms. The summed E-state index contributed by atoms with van der Waals surface area (Å²) in [5, 5.41) is 3.42. The van der Waals surface area contributed by atoms with E-state index in [0.29, 0.717) is 11.7 Å². The van der Waals surface area contributed by atoms with E-state index in [1.54, 1.807) is 0 Å². The number of nitrogen functional groups attached to an aromatic ring is 1. The van der Waals surface area contributed by atoms with Crippen molar-refractivity contribution in [3.05, 3.63) is 11.9 Å². The van der Waals surface area contributed by atoms with Crippen molar-refractivity contribution in [3.8, 4) is 0 Å². The molecule has 0 saturated heterocycles. The highest BCUT2D eigenvalue weighted by atomic mass is 15.1. The third-order valence-corrected chi connectivity index (χ3v) is 3.58. The molecule has 1 aliphatic rings. The van der Waals surface area contributed by atoms with Gasteiger partial charge in [0.1, 0.15) is 17.5 Å². The molecule has 0 radical (unpaired) electrons. The molecule has 1 aromatic heterocycles. The fourth-order valence-electron chi connectivity index (χ4n) is 2.47. The standard InChI is InChI=1S/C14H24N4/c1-10(2)14-17-12(15)8-13(18-14)16-9-11-6-4-3-5-7-11/h8,10-11H,3-7,9H2,1-2H3,(H3,15,16,17,18). The van der Waals surface area contributed by atoms with Crippen molar-refractivity contribution < 1.29 is 0 Å². The molecule has 1 saturated carbocycles. The molecule has 1 fully saturated rings. The molecule has 4 heteroatoms. The van der Waals surface area contributed by atoms with Gasteiger partial charge in [0.25, 0.3) is 0 Å². The highest BCUT2D eigenvalue weighted by Gasteiger charge is 2.13. The summed E-state index contributed by atoms with van der Waals surface area (Å²) >= 11 is 0. The first-order chi connectivity index (χ1) is 8.65. The van der Waals surface area contributed by atoms with E-state index < -0.39 is 0 Å². The quantitative estimate of drug-likeness (QED) is 0.859. The van der Waals surface area contributed by atoms with E-state index in [2.05, 4.69) is 29.1 Å². The van der Waals surface area contributed by atoms with Gasteiger partial charge in [0, 0.05) is 18.5 Å². The lowest BCUT2D eigenvalue weighted by Crippen LogP contribution is -2.18. The van der Waals surface area contributed by atoms with Crippen LogP contribution in [-0.4, -0.2) is 16.5 Å². The number of anilines is 2. The van der Waals surface area contributed by atoms with Crippen LogP contribution in [0.25, 0.3) is 0 Å². The van der Waals surface area contributed by atoms with Crippen molar-refractivity contribution in [3.63, 3.8) is 0 Å². The summed E-state index contributed by atoms with van der Waals surface area (Å²) in [6.45, 7) is 5.17. The van der Waals surface area contributed by atoms with E-state index >= 15 is 0 Å². The van der Waals surface area contributed by atoms with E-state index in [1.165, 1.54) is 32.1 Å². The maximum atomic E-state index is 5.81. The molecule has 0 amide bonds. The lowest BCUT2D eigenvalue weighted by Gasteiger charge is -2.22. The number of rotatable bonds is 4. The third-order valence-electron chi connectivity index (χ3n) is 3.58. The van der Waals surface area contributed by atoms with Crippen LogP contribution >= 0.6 is 0 Å². The fraction of sp³-hybridized carbons (Fsp3) is 0.714. The minimum absolute atomic E-state index is 0.309. The second-order valence-electron chi connectivity index (χ2n) is 5.58. The molecule has 0 atom stereocenters. The number of aromatic nitrogens is 2. The van der Waals surface area contributed by atoms with Gasteiger partial charge >= 0.3 is 0 Å². The molecule has 3 N–H and O–H groups in total. The summed E-state index contributed by atoms with van der Waals surface area (Å²) in [7, 11) is 0. The normalized spacial score (nSPS) is 17.1. The molecule has 0 aliphatic heterocycles. The number of hydrogen-bond acceptors (Lipinski definition) is 4. The molecule has 1 heterocycles. The average Bonchev–Trinajstić information content (AvgIpc) is 2.37. The minimum atomic E-state index is 0.309. The van der Waals surface area contributed by atoms with E-state index in [0.717, 1.165) is 24.1 Å². The second-order valence-corrected chi connectivity index (χ2v) is 5.58. The first kappa shape index (κ1) is 13.1. The first-order valence-corrected chi connectivity index (χ1v) is 7.03. The Labute approximate surface area is 109 Å². The molecule has 4 nitrogen and oxygen atoms in total. The predicted molar refractivity (Wildman–Crippen MR) is 75.6 cm³/mol. The highest BCUT2D eigenvalue weighted by molar-refractivity contribution is 5.44.